The van der Waals surface area contributed by atoms with Crippen molar-refractivity contribution in [1.29, 1.82) is 0 Å². The lowest BCUT2D eigenvalue weighted by atomic mass is 9.44. The van der Waals surface area contributed by atoms with E-state index in [1.165, 1.54) is 44.9 Å². The molecule has 0 amide bonds. The largest absolute Gasteiger partial charge is 0.393 e. The van der Waals surface area contributed by atoms with Crippen molar-refractivity contribution in [2.24, 2.45) is 46.3 Å². The van der Waals surface area contributed by atoms with Crippen LogP contribution in [0.25, 0.3) is 0 Å². The Morgan fingerprint density at radius 1 is 0.966 bits per heavy atom. The zero-order valence-corrected chi connectivity index (χ0v) is 19.5. The van der Waals surface area contributed by atoms with Crippen LogP contribution in [0.1, 0.15) is 91.4 Å². The zero-order valence-electron chi connectivity index (χ0n) is 18.6. The summed E-state index contributed by atoms with van der Waals surface area (Å²) in [7, 11) is -3.84. The Balaban J connectivity index is 1.46. The van der Waals surface area contributed by atoms with E-state index in [0.29, 0.717) is 35.0 Å². The van der Waals surface area contributed by atoms with Gasteiger partial charge in [0.25, 0.3) is 10.1 Å². The smallest absolute Gasteiger partial charge is 0.264 e. The maximum absolute atomic E-state index is 11.1. The number of fused-ring (bicyclic) bond motifs is 5. The van der Waals surface area contributed by atoms with E-state index in [1.54, 1.807) is 0 Å². The Morgan fingerprint density at radius 2 is 1.66 bits per heavy atom. The van der Waals surface area contributed by atoms with Crippen molar-refractivity contribution < 1.29 is 18.1 Å². The lowest BCUT2D eigenvalue weighted by Gasteiger charge is -2.61. The summed E-state index contributed by atoms with van der Waals surface area (Å²) >= 11 is 0. The maximum Gasteiger partial charge on any atom is 0.264 e. The molecule has 5 heteroatoms. The fourth-order valence-corrected chi connectivity index (χ4v) is 9.53. The van der Waals surface area contributed by atoms with Crippen molar-refractivity contribution in [3.05, 3.63) is 0 Å². The van der Waals surface area contributed by atoms with E-state index in [9.17, 15) is 13.5 Å². The molecule has 4 saturated carbocycles. The van der Waals surface area contributed by atoms with Gasteiger partial charge in [0.1, 0.15) is 0 Å². The van der Waals surface area contributed by atoms with E-state index < -0.39 is 10.1 Å². The van der Waals surface area contributed by atoms with Crippen LogP contribution in [0.3, 0.4) is 0 Å². The first-order chi connectivity index (χ1) is 13.5. The van der Waals surface area contributed by atoms with Gasteiger partial charge in [-0.25, -0.2) is 0 Å². The standard InChI is InChI=1S/C24H42O4S/c1-16(5-4-14-29(26,27)28)20-8-9-21-19-7-6-17-15-18(25)10-12-23(17,2)22(19)11-13-24(20,21)3/h16-22,25H,4-15H2,1-3H3,(H,26,27,28)/t16?,17-,18-,19?,20?,21?,22?,23?,24?/m0/s1. The fourth-order valence-electron chi connectivity index (χ4n) is 9.00. The van der Waals surface area contributed by atoms with Crippen molar-refractivity contribution in [2.45, 2.75) is 97.5 Å². The van der Waals surface area contributed by atoms with E-state index in [1.807, 2.05) is 0 Å². The first kappa shape index (κ1) is 22.1. The van der Waals surface area contributed by atoms with Gasteiger partial charge in [-0.15, -0.1) is 0 Å². The van der Waals surface area contributed by atoms with Crippen molar-refractivity contribution in [3.8, 4) is 0 Å². The molecule has 4 fully saturated rings. The van der Waals surface area contributed by atoms with Crippen LogP contribution in [0, 0.1) is 46.3 Å². The molecule has 0 saturated heterocycles. The maximum atomic E-state index is 11.1. The van der Waals surface area contributed by atoms with E-state index in [-0.39, 0.29) is 11.9 Å². The predicted molar refractivity (Wildman–Crippen MR) is 116 cm³/mol. The highest BCUT2D eigenvalue weighted by Gasteiger charge is 2.60. The molecule has 0 aromatic carbocycles. The molecule has 2 N–H and O–H groups in total. The lowest BCUT2D eigenvalue weighted by molar-refractivity contribution is -0.129. The van der Waals surface area contributed by atoms with Crippen molar-refractivity contribution >= 4 is 10.1 Å². The molecule has 0 bridgehead atoms. The number of hydrogen-bond acceptors (Lipinski definition) is 3. The minimum atomic E-state index is -3.84. The Kier molecular flexibility index (Phi) is 5.92. The molecule has 0 radical (unpaired) electrons. The first-order valence-corrected chi connectivity index (χ1v) is 13.8. The zero-order chi connectivity index (χ0) is 21.0. The first-order valence-electron chi connectivity index (χ1n) is 12.2. The Hall–Kier alpha value is -0.130. The van der Waals surface area contributed by atoms with Crippen LogP contribution in [0.4, 0.5) is 0 Å². The normalized spacial score (nSPS) is 48.4. The molecule has 9 atom stereocenters. The highest BCUT2D eigenvalue weighted by atomic mass is 32.2. The van der Waals surface area contributed by atoms with Crippen molar-refractivity contribution in [3.63, 3.8) is 0 Å². The van der Waals surface area contributed by atoms with Crippen LogP contribution in [0.2, 0.25) is 0 Å². The minimum absolute atomic E-state index is 0.0714. The number of hydrogen-bond donors (Lipinski definition) is 2. The average Bonchev–Trinajstić information content (AvgIpc) is 2.98. The van der Waals surface area contributed by atoms with Gasteiger partial charge in [0.15, 0.2) is 0 Å². The van der Waals surface area contributed by atoms with Gasteiger partial charge in [0, 0.05) is 0 Å². The molecule has 4 aliphatic carbocycles. The second-order valence-corrected chi connectivity index (χ2v) is 13.3. The van der Waals surface area contributed by atoms with Crippen LogP contribution in [0.5, 0.6) is 0 Å². The summed E-state index contributed by atoms with van der Waals surface area (Å²) in [5.41, 5.74) is 0.832. The van der Waals surface area contributed by atoms with Gasteiger partial charge in [0.2, 0.25) is 0 Å². The van der Waals surface area contributed by atoms with E-state index >= 15 is 0 Å². The van der Waals surface area contributed by atoms with E-state index in [4.69, 9.17) is 4.55 Å². The van der Waals surface area contributed by atoms with E-state index in [0.717, 1.165) is 37.0 Å². The van der Waals surface area contributed by atoms with Gasteiger partial charge in [0.05, 0.1) is 11.9 Å². The van der Waals surface area contributed by atoms with Gasteiger partial charge in [-0.2, -0.15) is 8.42 Å². The predicted octanol–water partition coefficient (Wildman–Crippen LogP) is 5.31. The van der Waals surface area contributed by atoms with Gasteiger partial charge >= 0.3 is 0 Å². The summed E-state index contributed by atoms with van der Waals surface area (Å²) in [6.45, 7) is 7.41. The highest BCUT2D eigenvalue weighted by Crippen LogP contribution is 2.68. The van der Waals surface area contributed by atoms with Crippen molar-refractivity contribution in [2.75, 3.05) is 5.75 Å². The molecule has 168 valence electrons. The lowest BCUT2D eigenvalue weighted by Crippen LogP contribution is -2.54. The molecule has 0 aromatic rings. The van der Waals surface area contributed by atoms with Crippen LogP contribution in [-0.4, -0.2) is 29.9 Å². The second kappa shape index (κ2) is 7.78. The molecule has 29 heavy (non-hydrogen) atoms. The van der Waals surface area contributed by atoms with Crippen LogP contribution in [-0.2, 0) is 10.1 Å². The molecule has 7 unspecified atom stereocenters. The third-order valence-corrected chi connectivity index (χ3v) is 11.3. The summed E-state index contributed by atoms with van der Waals surface area (Å²) in [5, 5.41) is 10.2. The molecule has 0 spiro atoms. The Bertz CT molecular complexity index is 706. The fraction of sp³-hybridized carbons (Fsp3) is 1.00. The van der Waals surface area contributed by atoms with Crippen LogP contribution in [0.15, 0.2) is 0 Å². The molecule has 4 nitrogen and oxygen atoms in total. The molecular formula is C24H42O4S. The molecule has 4 aliphatic rings. The SMILES string of the molecule is CC(CCCS(=O)(=O)O)C1CCC2C3CC[C@H]4C[C@@H](O)CCC4(C)C3CCC12C. The third-order valence-electron chi connectivity index (χ3n) is 10.5. The molecule has 0 aliphatic heterocycles. The summed E-state index contributed by atoms with van der Waals surface area (Å²) in [4.78, 5) is 0. The third kappa shape index (κ3) is 3.93. The molecule has 0 aromatic heterocycles. The summed E-state index contributed by atoms with van der Waals surface area (Å²) < 4.78 is 31.2. The van der Waals surface area contributed by atoms with Gasteiger partial charge in [-0.3, -0.25) is 4.55 Å². The minimum Gasteiger partial charge on any atom is -0.393 e. The summed E-state index contributed by atoms with van der Waals surface area (Å²) in [6, 6.07) is 0. The number of rotatable bonds is 5. The molecule has 0 heterocycles. The Labute approximate surface area is 178 Å². The number of aliphatic hydroxyl groups excluding tert-OH is 1. The molecular weight excluding hydrogens is 384 g/mol. The molecule has 4 rings (SSSR count). The monoisotopic (exact) mass is 426 g/mol. The van der Waals surface area contributed by atoms with Gasteiger partial charge in [-0.1, -0.05) is 20.8 Å². The van der Waals surface area contributed by atoms with Crippen LogP contribution >= 0.6 is 0 Å². The highest BCUT2D eigenvalue weighted by molar-refractivity contribution is 7.85. The van der Waals surface area contributed by atoms with Crippen molar-refractivity contribution in [1.82, 2.24) is 0 Å². The van der Waals surface area contributed by atoms with Gasteiger partial charge < -0.3 is 5.11 Å². The summed E-state index contributed by atoms with van der Waals surface area (Å²) in [6.07, 6.45) is 12.6. The Morgan fingerprint density at radius 3 is 2.38 bits per heavy atom. The second-order valence-electron chi connectivity index (χ2n) is 11.7. The quantitative estimate of drug-likeness (QED) is 0.584. The summed E-state index contributed by atoms with van der Waals surface area (Å²) in [5.74, 6) is 4.34. The van der Waals surface area contributed by atoms with Crippen LogP contribution < -0.4 is 0 Å². The van der Waals surface area contributed by atoms with E-state index in [2.05, 4.69) is 20.8 Å². The van der Waals surface area contributed by atoms with Gasteiger partial charge in [-0.05, 0) is 117 Å². The average molecular weight is 427 g/mol. The topological polar surface area (TPSA) is 74.6 Å². The number of aliphatic hydroxyl groups is 1.